The molecular weight excluding hydrogens is 336 g/mol. The van der Waals surface area contributed by atoms with Crippen molar-refractivity contribution in [2.45, 2.75) is 19.8 Å². The fraction of sp³-hybridized carbons (Fsp3) is 0.250. The molecule has 0 atom stereocenters. The van der Waals surface area contributed by atoms with Crippen LogP contribution in [0.15, 0.2) is 60.7 Å². The highest BCUT2D eigenvalue weighted by atomic mass is 16.5. The van der Waals surface area contributed by atoms with Crippen LogP contribution in [-0.4, -0.2) is 21.3 Å². The van der Waals surface area contributed by atoms with E-state index in [1.165, 1.54) is 11.1 Å². The van der Waals surface area contributed by atoms with Crippen molar-refractivity contribution in [2.75, 3.05) is 21.3 Å². The fourth-order valence-electron chi connectivity index (χ4n) is 3.31. The largest absolute Gasteiger partial charge is 0.496 e. The third-order valence-corrected chi connectivity index (χ3v) is 4.81. The highest BCUT2D eigenvalue weighted by Crippen LogP contribution is 2.28. The van der Waals surface area contributed by atoms with Crippen molar-refractivity contribution in [1.29, 1.82) is 0 Å². The van der Waals surface area contributed by atoms with E-state index < -0.39 is 0 Å². The van der Waals surface area contributed by atoms with Crippen LogP contribution in [0, 0.1) is 6.92 Å². The number of aryl methyl sites for hydroxylation is 1. The summed E-state index contributed by atoms with van der Waals surface area (Å²) in [6, 6.07) is 20.9. The Labute approximate surface area is 161 Å². The van der Waals surface area contributed by atoms with Gasteiger partial charge in [-0.1, -0.05) is 42.5 Å². The van der Waals surface area contributed by atoms with Crippen LogP contribution in [0.2, 0.25) is 0 Å². The summed E-state index contributed by atoms with van der Waals surface area (Å²) in [4.78, 5) is 0. The topological polar surface area (TPSA) is 27.7 Å². The van der Waals surface area contributed by atoms with Gasteiger partial charge in [0.05, 0.1) is 21.3 Å². The first-order valence-corrected chi connectivity index (χ1v) is 9.05. The lowest BCUT2D eigenvalue weighted by Crippen LogP contribution is -1.98. The van der Waals surface area contributed by atoms with Gasteiger partial charge in [0.25, 0.3) is 0 Å². The number of methoxy groups -OCH3 is 3. The molecule has 0 spiro atoms. The second kappa shape index (κ2) is 8.63. The van der Waals surface area contributed by atoms with Crippen LogP contribution in [-0.2, 0) is 12.8 Å². The van der Waals surface area contributed by atoms with Crippen LogP contribution in [0.25, 0.3) is 0 Å². The summed E-state index contributed by atoms with van der Waals surface area (Å²) in [6.07, 6.45) is 1.60. The lowest BCUT2D eigenvalue weighted by Gasteiger charge is -2.13. The molecule has 0 aromatic heterocycles. The normalized spacial score (nSPS) is 10.5. The second-order valence-corrected chi connectivity index (χ2v) is 6.62. The minimum absolute atomic E-state index is 0.800. The molecule has 0 saturated carbocycles. The van der Waals surface area contributed by atoms with E-state index >= 15 is 0 Å². The Morgan fingerprint density at radius 2 is 1.15 bits per heavy atom. The predicted molar refractivity (Wildman–Crippen MR) is 109 cm³/mol. The Hall–Kier alpha value is -2.94. The standard InChI is InChI=1S/C24H26O3/c1-17-9-10-18(15-23(17)26-3)14-21-12-11-19(16-24(21)27-4)13-20-7-5-6-8-22(20)25-2/h5-12,15-16H,13-14H2,1-4H3. The van der Waals surface area contributed by atoms with Crippen molar-refractivity contribution in [3.8, 4) is 17.2 Å². The molecule has 3 aromatic carbocycles. The Kier molecular flexibility index (Phi) is 6.02. The zero-order valence-electron chi connectivity index (χ0n) is 16.4. The van der Waals surface area contributed by atoms with Crippen molar-refractivity contribution in [1.82, 2.24) is 0 Å². The van der Waals surface area contributed by atoms with Crippen molar-refractivity contribution in [3.05, 3.63) is 88.5 Å². The summed E-state index contributed by atoms with van der Waals surface area (Å²) >= 11 is 0. The highest BCUT2D eigenvalue weighted by Gasteiger charge is 2.09. The van der Waals surface area contributed by atoms with Gasteiger partial charge >= 0.3 is 0 Å². The van der Waals surface area contributed by atoms with E-state index in [9.17, 15) is 0 Å². The zero-order chi connectivity index (χ0) is 19.2. The maximum Gasteiger partial charge on any atom is 0.122 e. The summed E-state index contributed by atoms with van der Waals surface area (Å²) in [6.45, 7) is 2.05. The van der Waals surface area contributed by atoms with E-state index in [0.717, 1.165) is 46.8 Å². The quantitative estimate of drug-likeness (QED) is 0.578. The van der Waals surface area contributed by atoms with Crippen LogP contribution >= 0.6 is 0 Å². The first-order chi connectivity index (χ1) is 13.1. The van der Waals surface area contributed by atoms with Crippen LogP contribution in [0.1, 0.15) is 27.8 Å². The first kappa shape index (κ1) is 18.8. The summed E-state index contributed by atoms with van der Waals surface area (Å²) in [5.41, 5.74) is 5.86. The molecule has 3 nitrogen and oxygen atoms in total. The Morgan fingerprint density at radius 1 is 0.593 bits per heavy atom. The van der Waals surface area contributed by atoms with Gasteiger partial charge in [-0.3, -0.25) is 0 Å². The van der Waals surface area contributed by atoms with Crippen LogP contribution in [0.4, 0.5) is 0 Å². The van der Waals surface area contributed by atoms with Crippen molar-refractivity contribution in [3.63, 3.8) is 0 Å². The molecule has 0 aliphatic rings. The minimum Gasteiger partial charge on any atom is -0.496 e. The summed E-state index contributed by atoms with van der Waals surface area (Å²) < 4.78 is 16.6. The van der Waals surface area contributed by atoms with Crippen LogP contribution < -0.4 is 14.2 Å². The van der Waals surface area contributed by atoms with E-state index in [1.807, 2.05) is 18.2 Å². The summed E-state index contributed by atoms with van der Waals surface area (Å²) in [7, 11) is 5.14. The molecular formula is C24H26O3. The number of rotatable bonds is 7. The van der Waals surface area contributed by atoms with Gasteiger partial charge < -0.3 is 14.2 Å². The SMILES string of the molecule is COc1cc(Cc2ccc(Cc3ccccc3OC)cc2OC)ccc1C. The van der Waals surface area contributed by atoms with Gasteiger partial charge in [-0.05, 0) is 52.9 Å². The lowest BCUT2D eigenvalue weighted by molar-refractivity contribution is 0.408. The third-order valence-electron chi connectivity index (χ3n) is 4.81. The zero-order valence-corrected chi connectivity index (χ0v) is 16.4. The van der Waals surface area contributed by atoms with Crippen molar-refractivity contribution >= 4 is 0 Å². The van der Waals surface area contributed by atoms with E-state index in [-0.39, 0.29) is 0 Å². The average molecular weight is 362 g/mol. The predicted octanol–water partition coefficient (Wildman–Crippen LogP) is 5.20. The average Bonchev–Trinajstić information content (AvgIpc) is 2.70. The number of benzene rings is 3. The Morgan fingerprint density at radius 3 is 1.81 bits per heavy atom. The van der Waals surface area contributed by atoms with Gasteiger partial charge in [0.2, 0.25) is 0 Å². The molecule has 0 amide bonds. The first-order valence-electron chi connectivity index (χ1n) is 9.05. The van der Waals surface area contributed by atoms with Crippen LogP contribution in [0.5, 0.6) is 17.2 Å². The smallest absolute Gasteiger partial charge is 0.122 e. The van der Waals surface area contributed by atoms with E-state index in [2.05, 4.69) is 49.4 Å². The van der Waals surface area contributed by atoms with Gasteiger partial charge in [-0.25, -0.2) is 0 Å². The van der Waals surface area contributed by atoms with Gasteiger partial charge in [0.15, 0.2) is 0 Å². The molecule has 3 heteroatoms. The Bertz CT molecular complexity index is 915. The Balaban J connectivity index is 1.84. The second-order valence-electron chi connectivity index (χ2n) is 6.62. The lowest BCUT2D eigenvalue weighted by atomic mass is 9.98. The molecule has 0 radical (unpaired) electrons. The summed E-state index contributed by atoms with van der Waals surface area (Å²) in [5, 5.41) is 0. The number of hydrogen-bond donors (Lipinski definition) is 0. The number of hydrogen-bond acceptors (Lipinski definition) is 3. The molecule has 3 aromatic rings. The van der Waals surface area contributed by atoms with Gasteiger partial charge in [-0.15, -0.1) is 0 Å². The monoisotopic (exact) mass is 362 g/mol. The summed E-state index contributed by atoms with van der Waals surface area (Å²) in [5.74, 6) is 2.73. The van der Waals surface area contributed by atoms with E-state index in [4.69, 9.17) is 14.2 Å². The fourth-order valence-corrected chi connectivity index (χ4v) is 3.31. The van der Waals surface area contributed by atoms with Gasteiger partial charge in [-0.2, -0.15) is 0 Å². The highest BCUT2D eigenvalue weighted by molar-refractivity contribution is 5.45. The molecule has 0 aliphatic heterocycles. The maximum absolute atomic E-state index is 5.67. The molecule has 0 heterocycles. The van der Waals surface area contributed by atoms with E-state index in [1.54, 1.807) is 21.3 Å². The molecule has 140 valence electrons. The van der Waals surface area contributed by atoms with Gasteiger partial charge in [0, 0.05) is 12.8 Å². The number of ether oxygens (including phenoxy) is 3. The van der Waals surface area contributed by atoms with Crippen LogP contribution in [0.3, 0.4) is 0 Å². The molecule has 0 unspecified atom stereocenters. The number of para-hydroxylation sites is 1. The minimum atomic E-state index is 0.800. The maximum atomic E-state index is 5.67. The molecule has 0 bridgehead atoms. The molecule has 0 saturated heterocycles. The molecule has 0 N–H and O–H groups in total. The molecule has 0 fully saturated rings. The molecule has 27 heavy (non-hydrogen) atoms. The van der Waals surface area contributed by atoms with Crippen molar-refractivity contribution in [2.24, 2.45) is 0 Å². The molecule has 3 rings (SSSR count). The third kappa shape index (κ3) is 4.43. The van der Waals surface area contributed by atoms with Gasteiger partial charge in [0.1, 0.15) is 17.2 Å². The van der Waals surface area contributed by atoms with Crippen molar-refractivity contribution < 1.29 is 14.2 Å². The van der Waals surface area contributed by atoms with E-state index in [0.29, 0.717) is 0 Å². The molecule has 0 aliphatic carbocycles.